The smallest absolute Gasteiger partial charge is 0.264 e. The lowest BCUT2D eigenvalue weighted by molar-refractivity contribution is -0.114. The fourth-order valence-corrected chi connectivity index (χ4v) is 5.73. The van der Waals surface area contributed by atoms with Crippen LogP contribution in [0, 0.1) is 6.92 Å². The molecule has 3 aromatic carbocycles. The van der Waals surface area contributed by atoms with Gasteiger partial charge in [-0.2, -0.15) is 0 Å². The molecule has 1 fully saturated rings. The van der Waals surface area contributed by atoms with Crippen molar-refractivity contribution in [3.8, 4) is 11.5 Å². The molecule has 200 valence electrons. The fourth-order valence-electron chi connectivity index (χ4n) is 4.32. The molecule has 0 aliphatic carbocycles. The van der Waals surface area contributed by atoms with Gasteiger partial charge in [0.15, 0.2) is 11.5 Å². The first-order chi connectivity index (χ1) is 18.2. The third-order valence-corrected chi connectivity index (χ3v) is 8.16. The quantitative estimate of drug-likeness (QED) is 0.441. The molecule has 1 aliphatic rings. The second-order valence-electron chi connectivity index (χ2n) is 8.96. The van der Waals surface area contributed by atoms with Gasteiger partial charge in [-0.3, -0.25) is 13.9 Å². The third kappa shape index (κ3) is 5.75. The molecule has 3 aromatic rings. The Kier molecular flexibility index (Phi) is 8.21. The second-order valence-corrected chi connectivity index (χ2v) is 10.8. The number of carbonyl (C=O) groups is 2. The molecular formula is C28H31N3O6S. The molecule has 2 amide bonds. The molecule has 0 saturated carbocycles. The van der Waals surface area contributed by atoms with Crippen molar-refractivity contribution < 1.29 is 27.5 Å². The maximum atomic E-state index is 13.7. The van der Waals surface area contributed by atoms with Crippen LogP contribution < -0.4 is 19.1 Å². The van der Waals surface area contributed by atoms with Gasteiger partial charge in [-0.25, -0.2) is 8.42 Å². The van der Waals surface area contributed by atoms with Crippen LogP contribution in [0.4, 0.5) is 11.4 Å². The number of para-hydroxylation sites is 1. The van der Waals surface area contributed by atoms with Crippen LogP contribution >= 0.6 is 0 Å². The van der Waals surface area contributed by atoms with E-state index in [1.165, 1.54) is 32.4 Å². The van der Waals surface area contributed by atoms with E-state index in [1.807, 2.05) is 6.92 Å². The molecule has 1 N–H and O–H groups in total. The Morgan fingerprint density at radius 1 is 0.921 bits per heavy atom. The number of carbonyl (C=O) groups excluding carboxylic acids is 2. The summed E-state index contributed by atoms with van der Waals surface area (Å²) in [5, 5.41) is 2.75. The third-order valence-electron chi connectivity index (χ3n) is 6.38. The number of anilines is 2. The van der Waals surface area contributed by atoms with Gasteiger partial charge in [0.25, 0.3) is 15.9 Å². The number of aryl methyl sites for hydroxylation is 1. The van der Waals surface area contributed by atoms with Crippen LogP contribution in [-0.2, 0) is 14.8 Å². The zero-order valence-corrected chi connectivity index (χ0v) is 22.5. The maximum Gasteiger partial charge on any atom is 0.264 e. The summed E-state index contributed by atoms with van der Waals surface area (Å²) >= 11 is 0. The first-order valence-corrected chi connectivity index (χ1v) is 13.7. The summed E-state index contributed by atoms with van der Waals surface area (Å²) in [6.07, 6.45) is 1.88. The molecule has 1 aliphatic heterocycles. The summed E-state index contributed by atoms with van der Waals surface area (Å²) < 4.78 is 39.2. The predicted octanol–water partition coefficient (Wildman–Crippen LogP) is 4.08. The van der Waals surface area contributed by atoms with Crippen molar-refractivity contribution in [2.45, 2.75) is 24.7 Å². The van der Waals surface area contributed by atoms with Gasteiger partial charge in [0.1, 0.15) is 6.54 Å². The largest absolute Gasteiger partial charge is 0.493 e. The highest BCUT2D eigenvalue weighted by molar-refractivity contribution is 7.92. The molecule has 1 heterocycles. The Morgan fingerprint density at radius 3 is 2.24 bits per heavy atom. The molecule has 10 heteroatoms. The summed E-state index contributed by atoms with van der Waals surface area (Å²) in [5.41, 5.74) is 1.81. The highest BCUT2D eigenvalue weighted by Gasteiger charge is 2.29. The Balaban J connectivity index is 1.67. The summed E-state index contributed by atoms with van der Waals surface area (Å²) in [6, 6.07) is 17.8. The molecule has 0 bridgehead atoms. The van der Waals surface area contributed by atoms with Crippen LogP contribution in [-0.4, -0.2) is 59.0 Å². The van der Waals surface area contributed by atoms with E-state index in [4.69, 9.17) is 9.47 Å². The predicted molar refractivity (Wildman–Crippen MR) is 145 cm³/mol. The number of hydrogen-bond acceptors (Lipinski definition) is 6. The Morgan fingerprint density at radius 2 is 1.58 bits per heavy atom. The Hall–Kier alpha value is -4.05. The minimum atomic E-state index is -4.14. The average molecular weight is 538 g/mol. The number of amides is 2. The molecule has 9 nitrogen and oxygen atoms in total. The van der Waals surface area contributed by atoms with Crippen molar-refractivity contribution in [3.63, 3.8) is 0 Å². The van der Waals surface area contributed by atoms with Crippen LogP contribution in [0.2, 0.25) is 0 Å². The average Bonchev–Trinajstić information content (AvgIpc) is 3.46. The van der Waals surface area contributed by atoms with Gasteiger partial charge in [-0.1, -0.05) is 29.8 Å². The lowest BCUT2D eigenvalue weighted by Gasteiger charge is -2.25. The van der Waals surface area contributed by atoms with Gasteiger partial charge in [-0.05, 0) is 56.2 Å². The summed E-state index contributed by atoms with van der Waals surface area (Å²) in [4.78, 5) is 28.1. The Labute approximate surface area is 223 Å². The van der Waals surface area contributed by atoms with Crippen molar-refractivity contribution in [2.75, 3.05) is 43.5 Å². The molecular weight excluding hydrogens is 506 g/mol. The zero-order chi connectivity index (χ0) is 27.3. The SMILES string of the molecule is COc1ccc(N(CC(=O)Nc2ccccc2C(=O)N2CCCC2)S(=O)(=O)c2ccc(C)cc2)cc1OC. The molecule has 0 unspecified atom stereocenters. The highest BCUT2D eigenvalue weighted by Crippen LogP contribution is 2.34. The van der Waals surface area contributed by atoms with E-state index < -0.39 is 22.5 Å². The van der Waals surface area contributed by atoms with E-state index in [9.17, 15) is 18.0 Å². The van der Waals surface area contributed by atoms with Crippen LogP contribution in [0.1, 0.15) is 28.8 Å². The molecule has 4 rings (SSSR count). The minimum Gasteiger partial charge on any atom is -0.493 e. The van der Waals surface area contributed by atoms with Crippen molar-refractivity contribution in [1.82, 2.24) is 4.90 Å². The molecule has 38 heavy (non-hydrogen) atoms. The maximum absolute atomic E-state index is 13.7. The summed E-state index contributed by atoms with van der Waals surface area (Å²) in [7, 11) is -1.22. The van der Waals surface area contributed by atoms with Crippen LogP contribution in [0.5, 0.6) is 11.5 Å². The number of likely N-dealkylation sites (tertiary alicyclic amines) is 1. The van der Waals surface area contributed by atoms with Crippen molar-refractivity contribution in [1.29, 1.82) is 0 Å². The van der Waals surface area contributed by atoms with Gasteiger partial charge in [0.2, 0.25) is 5.91 Å². The molecule has 0 radical (unpaired) electrons. The van der Waals surface area contributed by atoms with Gasteiger partial charge in [0.05, 0.1) is 36.1 Å². The number of nitrogens with zero attached hydrogens (tertiary/aromatic N) is 2. The van der Waals surface area contributed by atoms with E-state index >= 15 is 0 Å². The van der Waals surface area contributed by atoms with Gasteiger partial charge in [0, 0.05) is 19.2 Å². The monoisotopic (exact) mass is 537 g/mol. The highest BCUT2D eigenvalue weighted by atomic mass is 32.2. The van der Waals surface area contributed by atoms with Gasteiger partial charge < -0.3 is 19.7 Å². The van der Waals surface area contributed by atoms with Crippen LogP contribution in [0.25, 0.3) is 0 Å². The van der Waals surface area contributed by atoms with Crippen LogP contribution in [0.15, 0.2) is 71.6 Å². The number of ether oxygens (including phenoxy) is 2. The summed E-state index contributed by atoms with van der Waals surface area (Å²) in [6.45, 7) is 2.67. The van der Waals surface area contributed by atoms with Gasteiger partial charge in [-0.15, -0.1) is 0 Å². The van der Waals surface area contributed by atoms with E-state index in [-0.39, 0.29) is 16.5 Å². The van der Waals surface area contributed by atoms with Crippen molar-refractivity contribution in [3.05, 3.63) is 77.9 Å². The second kappa shape index (κ2) is 11.6. The fraction of sp³-hybridized carbons (Fsp3) is 0.286. The number of rotatable bonds is 9. The van der Waals surface area contributed by atoms with E-state index in [1.54, 1.807) is 53.4 Å². The van der Waals surface area contributed by atoms with E-state index in [0.29, 0.717) is 35.8 Å². The number of sulfonamides is 1. The van der Waals surface area contributed by atoms with E-state index in [0.717, 1.165) is 22.7 Å². The standard InChI is InChI=1S/C28H31N3O6S/c1-20-10-13-22(14-11-20)38(34,35)31(21-12-15-25(36-2)26(18-21)37-3)19-27(32)29-24-9-5-4-8-23(24)28(33)30-16-6-7-17-30/h4-5,8-15,18H,6-7,16-17,19H2,1-3H3,(H,29,32). The number of hydrogen-bond donors (Lipinski definition) is 1. The van der Waals surface area contributed by atoms with Crippen molar-refractivity contribution >= 4 is 33.2 Å². The van der Waals surface area contributed by atoms with Crippen molar-refractivity contribution in [2.24, 2.45) is 0 Å². The molecule has 0 atom stereocenters. The number of benzene rings is 3. The lowest BCUT2D eigenvalue weighted by atomic mass is 10.1. The topological polar surface area (TPSA) is 105 Å². The number of methoxy groups -OCH3 is 2. The van der Waals surface area contributed by atoms with Gasteiger partial charge >= 0.3 is 0 Å². The Bertz CT molecular complexity index is 1420. The normalized spacial score (nSPS) is 13.2. The zero-order valence-electron chi connectivity index (χ0n) is 21.6. The first kappa shape index (κ1) is 27.0. The first-order valence-electron chi connectivity index (χ1n) is 12.2. The van der Waals surface area contributed by atoms with E-state index in [2.05, 4.69) is 5.32 Å². The summed E-state index contributed by atoms with van der Waals surface area (Å²) in [5.74, 6) is -0.0293. The number of nitrogens with one attached hydrogen (secondary N) is 1. The lowest BCUT2D eigenvalue weighted by Crippen LogP contribution is -2.38. The molecule has 1 saturated heterocycles. The minimum absolute atomic E-state index is 0.0373. The van der Waals surface area contributed by atoms with Crippen LogP contribution in [0.3, 0.4) is 0 Å². The molecule has 0 aromatic heterocycles. The molecule has 0 spiro atoms.